The molecule has 0 atom stereocenters. The van der Waals surface area contributed by atoms with Gasteiger partial charge in [0.05, 0.1) is 30.1 Å². The van der Waals surface area contributed by atoms with Crippen LogP contribution in [0.2, 0.25) is 5.02 Å². The Labute approximate surface area is 200 Å². The number of amides is 1. The van der Waals surface area contributed by atoms with Crippen molar-refractivity contribution in [3.63, 3.8) is 0 Å². The summed E-state index contributed by atoms with van der Waals surface area (Å²) in [5.41, 5.74) is 2.60. The molecule has 0 N–H and O–H groups in total. The van der Waals surface area contributed by atoms with E-state index in [1.54, 1.807) is 23.9 Å². The van der Waals surface area contributed by atoms with Gasteiger partial charge in [-0.05, 0) is 56.2 Å². The highest BCUT2D eigenvalue weighted by Gasteiger charge is 2.29. The summed E-state index contributed by atoms with van der Waals surface area (Å²) >= 11 is 6.06. The molecule has 0 bridgehead atoms. The predicted molar refractivity (Wildman–Crippen MR) is 129 cm³/mol. The minimum absolute atomic E-state index is 0.0898. The first kappa shape index (κ1) is 23.3. The number of benzene rings is 2. The number of hydrogen-bond acceptors (Lipinski definition) is 4. The molecular formula is C26H30ClN3O3. The second kappa shape index (κ2) is 10.9. The van der Waals surface area contributed by atoms with Gasteiger partial charge in [-0.1, -0.05) is 42.6 Å². The molecule has 1 aromatic heterocycles. The zero-order valence-electron chi connectivity index (χ0n) is 19.2. The molecule has 1 heterocycles. The number of aromatic nitrogens is 2. The molecule has 1 amide bonds. The molecule has 6 nitrogen and oxygen atoms in total. The van der Waals surface area contributed by atoms with Crippen LogP contribution in [0, 0.1) is 12.8 Å². The maximum absolute atomic E-state index is 13.3. The van der Waals surface area contributed by atoms with Gasteiger partial charge in [0.15, 0.2) is 0 Å². The van der Waals surface area contributed by atoms with E-state index in [0.717, 1.165) is 42.6 Å². The summed E-state index contributed by atoms with van der Waals surface area (Å²) in [5, 5.41) is 5.42. The van der Waals surface area contributed by atoms with Crippen molar-refractivity contribution in [3.05, 3.63) is 70.9 Å². The molecule has 3 aromatic rings. The summed E-state index contributed by atoms with van der Waals surface area (Å²) < 4.78 is 13.5. The second-order valence-electron chi connectivity index (χ2n) is 8.41. The van der Waals surface area contributed by atoms with Gasteiger partial charge in [0.2, 0.25) is 11.8 Å². The van der Waals surface area contributed by atoms with Gasteiger partial charge in [0.25, 0.3) is 0 Å². The van der Waals surface area contributed by atoms with Crippen molar-refractivity contribution < 1.29 is 14.3 Å². The van der Waals surface area contributed by atoms with Crippen LogP contribution in [0.25, 0.3) is 5.69 Å². The zero-order chi connectivity index (χ0) is 23.2. The molecule has 1 aliphatic rings. The topological polar surface area (TPSA) is 56.6 Å². The quantitative estimate of drug-likeness (QED) is 0.399. The van der Waals surface area contributed by atoms with Gasteiger partial charge in [-0.25, -0.2) is 4.68 Å². The maximum atomic E-state index is 13.3. The van der Waals surface area contributed by atoms with Crippen molar-refractivity contribution in [1.82, 2.24) is 14.7 Å². The van der Waals surface area contributed by atoms with Crippen LogP contribution in [0.1, 0.15) is 36.9 Å². The average molecular weight is 468 g/mol. The van der Waals surface area contributed by atoms with Crippen molar-refractivity contribution in [3.8, 4) is 17.3 Å². The molecule has 4 rings (SSSR count). The highest BCUT2D eigenvalue weighted by molar-refractivity contribution is 6.30. The lowest BCUT2D eigenvalue weighted by Gasteiger charge is -2.26. The molecule has 0 saturated heterocycles. The van der Waals surface area contributed by atoms with Gasteiger partial charge in [-0.2, -0.15) is 5.10 Å². The molecule has 7 heteroatoms. The lowest BCUT2D eigenvalue weighted by atomic mass is 10.1. The van der Waals surface area contributed by atoms with E-state index in [1.807, 2.05) is 54.3 Å². The number of rotatable bonds is 9. The number of ether oxygens (including phenoxy) is 2. The Kier molecular flexibility index (Phi) is 7.68. The highest BCUT2D eigenvalue weighted by Crippen LogP contribution is 2.33. The van der Waals surface area contributed by atoms with Crippen LogP contribution < -0.4 is 4.74 Å². The second-order valence-corrected chi connectivity index (χ2v) is 8.84. The Morgan fingerprint density at radius 1 is 1.12 bits per heavy atom. The SMILES string of the molecule is COCCN(Cc1c(C)nn(-c2ccccc2)c1Oc1ccc(Cl)cc1)C(=O)C1CCCC1. The van der Waals surface area contributed by atoms with E-state index >= 15 is 0 Å². The number of hydrogen-bond donors (Lipinski definition) is 0. The maximum Gasteiger partial charge on any atom is 0.227 e. The van der Waals surface area contributed by atoms with Crippen molar-refractivity contribution in [2.24, 2.45) is 5.92 Å². The number of carbonyl (C=O) groups excluding carboxylic acids is 1. The summed E-state index contributed by atoms with van der Waals surface area (Å²) in [6.45, 7) is 3.39. The molecular weight excluding hydrogens is 438 g/mol. The Balaban J connectivity index is 1.71. The van der Waals surface area contributed by atoms with Crippen molar-refractivity contribution in [2.75, 3.05) is 20.3 Å². The Morgan fingerprint density at radius 2 is 1.82 bits per heavy atom. The van der Waals surface area contributed by atoms with E-state index in [0.29, 0.717) is 36.3 Å². The van der Waals surface area contributed by atoms with Crippen LogP contribution in [-0.2, 0) is 16.1 Å². The lowest BCUT2D eigenvalue weighted by Crippen LogP contribution is -2.37. The first-order chi connectivity index (χ1) is 16.1. The largest absolute Gasteiger partial charge is 0.439 e. The number of para-hydroxylation sites is 1. The zero-order valence-corrected chi connectivity index (χ0v) is 19.9. The fourth-order valence-electron chi connectivity index (χ4n) is 4.27. The van der Waals surface area contributed by atoms with Gasteiger partial charge in [0, 0.05) is 24.6 Å². The standard InChI is InChI=1S/C26H30ClN3O3/c1-19-24(18-29(16-17-32-2)25(31)20-8-6-7-9-20)26(33-23-14-12-21(27)13-15-23)30(28-19)22-10-4-3-5-11-22/h3-5,10-15,20H,6-9,16-18H2,1-2H3. The summed E-state index contributed by atoms with van der Waals surface area (Å²) in [4.78, 5) is 15.2. The smallest absolute Gasteiger partial charge is 0.227 e. The monoisotopic (exact) mass is 467 g/mol. The van der Waals surface area contributed by atoms with E-state index < -0.39 is 0 Å². The van der Waals surface area contributed by atoms with Crippen LogP contribution >= 0.6 is 11.6 Å². The summed E-state index contributed by atoms with van der Waals surface area (Å²) in [5.74, 6) is 1.53. The molecule has 0 aliphatic heterocycles. The third kappa shape index (κ3) is 5.57. The molecule has 1 saturated carbocycles. The molecule has 0 unspecified atom stereocenters. The van der Waals surface area contributed by atoms with Crippen LogP contribution in [-0.4, -0.2) is 40.8 Å². The minimum atomic E-state index is 0.0898. The van der Waals surface area contributed by atoms with E-state index in [4.69, 9.17) is 26.2 Å². The molecule has 0 spiro atoms. The van der Waals surface area contributed by atoms with Gasteiger partial charge < -0.3 is 14.4 Å². The van der Waals surface area contributed by atoms with E-state index in [1.165, 1.54) is 0 Å². The first-order valence-corrected chi connectivity index (χ1v) is 11.8. The minimum Gasteiger partial charge on any atom is -0.439 e. The third-order valence-electron chi connectivity index (χ3n) is 6.10. The first-order valence-electron chi connectivity index (χ1n) is 11.4. The van der Waals surface area contributed by atoms with Crippen LogP contribution in [0.15, 0.2) is 54.6 Å². The van der Waals surface area contributed by atoms with Crippen LogP contribution in [0.5, 0.6) is 11.6 Å². The Morgan fingerprint density at radius 3 is 2.48 bits per heavy atom. The summed E-state index contributed by atoms with van der Waals surface area (Å²) in [7, 11) is 1.66. The lowest BCUT2D eigenvalue weighted by molar-refractivity contribution is -0.136. The van der Waals surface area contributed by atoms with Crippen molar-refractivity contribution >= 4 is 17.5 Å². The van der Waals surface area contributed by atoms with Crippen molar-refractivity contribution in [1.29, 1.82) is 0 Å². The fraction of sp³-hybridized carbons (Fsp3) is 0.385. The summed E-state index contributed by atoms with van der Waals surface area (Å²) in [6, 6.07) is 17.1. The average Bonchev–Trinajstić information content (AvgIpc) is 3.47. The molecule has 0 radical (unpaired) electrons. The van der Waals surface area contributed by atoms with E-state index in [-0.39, 0.29) is 11.8 Å². The molecule has 1 aliphatic carbocycles. The molecule has 1 fully saturated rings. The number of carbonyl (C=O) groups is 1. The van der Waals surface area contributed by atoms with Crippen LogP contribution in [0.3, 0.4) is 0 Å². The van der Waals surface area contributed by atoms with Crippen molar-refractivity contribution in [2.45, 2.75) is 39.2 Å². The molecule has 2 aromatic carbocycles. The van der Waals surface area contributed by atoms with Gasteiger partial charge in [0.1, 0.15) is 5.75 Å². The third-order valence-corrected chi connectivity index (χ3v) is 6.35. The number of halogens is 1. The van der Waals surface area contributed by atoms with Gasteiger partial charge >= 0.3 is 0 Å². The highest BCUT2D eigenvalue weighted by atomic mass is 35.5. The predicted octanol–water partition coefficient (Wildman–Crippen LogP) is 5.79. The molecule has 33 heavy (non-hydrogen) atoms. The molecule has 174 valence electrons. The Hall–Kier alpha value is -2.83. The normalized spacial score (nSPS) is 13.9. The Bertz CT molecular complexity index is 1060. The van der Waals surface area contributed by atoms with Crippen LogP contribution in [0.4, 0.5) is 0 Å². The van der Waals surface area contributed by atoms with Gasteiger partial charge in [-0.3, -0.25) is 4.79 Å². The van der Waals surface area contributed by atoms with E-state index in [2.05, 4.69) is 0 Å². The summed E-state index contributed by atoms with van der Waals surface area (Å²) in [6.07, 6.45) is 4.15. The number of nitrogens with zero attached hydrogens (tertiary/aromatic N) is 3. The number of methoxy groups -OCH3 is 1. The number of aryl methyl sites for hydroxylation is 1. The fourth-order valence-corrected chi connectivity index (χ4v) is 4.40. The van der Waals surface area contributed by atoms with Gasteiger partial charge in [-0.15, -0.1) is 0 Å². The van der Waals surface area contributed by atoms with E-state index in [9.17, 15) is 4.79 Å².